The van der Waals surface area contributed by atoms with Crippen LogP contribution in [0.15, 0.2) is 12.2 Å². The maximum Gasteiger partial charge on any atom is 0.310 e. The van der Waals surface area contributed by atoms with Crippen molar-refractivity contribution in [2.45, 2.75) is 18.9 Å². The van der Waals surface area contributed by atoms with Gasteiger partial charge in [-0.15, -0.1) is 0 Å². The summed E-state index contributed by atoms with van der Waals surface area (Å²) in [6, 6.07) is 0. The van der Waals surface area contributed by atoms with Crippen molar-refractivity contribution in [3.63, 3.8) is 0 Å². The highest BCUT2D eigenvalue weighted by atomic mass is 16.5. The number of carbonyl (C=O) groups excluding carboxylic acids is 1. The van der Waals surface area contributed by atoms with Gasteiger partial charge in [0.1, 0.15) is 12.0 Å². The van der Waals surface area contributed by atoms with Crippen LogP contribution in [0, 0.1) is 17.8 Å². The molecule has 0 aromatic carbocycles. The molecule has 0 aliphatic heterocycles. The van der Waals surface area contributed by atoms with Crippen LogP contribution in [0.3, 0.4) is 0 Å². The maximum atomic E-state index is 11.2. The predicted octanol–water partition coefficient (Wildman–Crippen LogP) is 0.187. The lowest BCUT2D eigenvalue weighted by Gasteiger charge is -2.24. The van der Waals surface area contributed by atoms with E-state index in [0.29, 0.717) is 0 Å². The van der Waals surface area contributed by atoms with Crippen LogP contribution in [0.2, 0.25) is 0 Å². The molecule has 4 atom stereocenters. The van der Waals surface area contributed by atoms with Crippen molar-refractivity contribution in [2.24, 2.45) is 17.8 Å². The second-order valence-corrected chi connectivity index (χ2v) is 4.24. The van der Waals surface area contributed by atoms with Gasteiger partial charge in [0.05, 0.1) is 13.0 Å². The molecule has 0 amide bonds. The molecule has 5 nitrogen and oxygen atoms in total. The van der Waals surface area contributed by atoms with Gasteiger partial charge >= 0.3 is 11.9 Å². The van der Waals surface area contributed by atoms with Crippen molar-refractivity contribution in [2.75, 3.05) is 6.61 Å². The summed E-state index contributed by atoms with van der Waals surface area (Å²) in [6.07, 6.45) is 3.91. The first-order chi connectivity index (χ1) is 7.63. The lowest BCUT2D eigenvalue weighted by Crippen LogP contribution is -2.35. The van der Waals surface area contributed by atoms with E-state index in [1.165, 1.54) is 0 Å². The Hall–Kier alpha value is -1.36. The monoisotopic (exact) mass is 226 g/mol. The number of aliphatic carboxylic acids is 1. The van der Waals surface area contributed by atoms with E-state index in [1.54, 1.807) is 0 Å². The van der Waals surface area contributed by atoms with E-state index in [-0.39, 0.29) is 24.9 Å². The molecule has 0 heterocycles. The van der Waals surface area contributed by atoms with Gasteiger partial charge in [-0.2, -0.15) is 0 Å². The number of esters is 1. The number of aliphatic hydroxyl groups is 1. The van der Waals surface area contributed by atoms with Crippen molar-refractivity contribution in [3.05, 3.63) is 12.2 Å². The topological polar surface area (TPSA) is 83.8 Å². The molecule has 2 aliphatic rings. The highest BCUT2D eigenvalue weighted by Gasteiger charge is 2.50. The summed E-state index contributed by atoms with van der Waals surface area (Å²) in [4.78, 5) is 22.3. The number of ether oxygens (including phenoxy) is 1. The van der Waals surface area contributed by atoms with Gasteiger partial charge in [0.25, 0.3) is 0 Å². The van der Waals surface area contributed by atoms with Crippen molar-refractivity contribution in [1.29, 1.82) is 0 Å². The zero-order valence-electron chi connectivity index (χ0n) is 8.70. The van der Waals surface area contributed by atoms with Crippen LogP contribution in [-0.4, -0.2) is 34.9 Å². The number of rotatable bonds is 4. The largest absolute Gasteiger partial charge is 0.481 e. The molecular weight excluding hydrogens is 212 g/mol. The molecule has 0 spiro atoms. The zero-order valence-corrected chi connectivity index (χ0v) is 8.70. The van der Waals surface area contributed by atoms with E-state index >= 15 is 0 Å². The highest BCUT2D eigenvalue weighted by Crippen LogP contribution is 2.45. The predicted molar refractivity (Wildman–Crippen MR) is 53.4 cm³/mol. The molecule has 5 heteroatoms. The average molecular weight is 226 g/mol. The van der Waals surface area contributed by atoms with Crippen LogP contribution >= 0.6 is 0 Å². The number of hydrogen-bond acceptors (Lipinski definition) is 4. The number of carboxylic acid groups (broad SMARTS) is 1. The van der Waals surface area contributed by atoms with Gasteiger partial charge in [0.2, 0.25) is 0 Å². The van der Waals surface area contributed by atoms with E-state index in [1.807, 2.05) is 12.2 Å². The molecular formula is C11H14O5. The third kappa shape index (κ3) is 1.82. The molecule has 1 saturated carbocycles. The van der Waals surface area contributed by atoms with Gasteiger partial charge in [-0.05, 0) is 12.3 Å². The molecule has 0 radical (unpaired) electrons. The molecule has 2 N–H and O–H groups in total. The summed E-state index contributed by atoms with van der Waals surface area (Å²) in [6.45, 7) is -0.271. The van der Waals surface area contributed by atoms with E-state index in [9.17, 15) is 9.59 Å². The number of carboxylic acids is 1. The third-order valence-corrected chi connectivity index (χ3v) is 3.26. The summed E-state index contributed by atoms with van der Waals surface area (Å²) in [5.74, 6) is -2.07. The van der Waals surface area contributed by atoms with Crippen molar-refractivity contribution in [1.82, 2.24) is 0 Å². The maximum absolute atomic E-state index is 11.2. The van der Waals surface area contributed by atoms with Gasteiger partial charge in [-0.1, -0.05) is 12.2 Å². The minimum Gasteiger partial charge on any atom is -0.481 e. The summed E-state index contributed by atoms with van der Waals surface area (Å²) in [5.41, 5.74) is 0. The number of fused-ring (bicyclic) bond motifs is 2. The lowest BCUT2D eigenvalue weighted by atomic mass is 9.91. The molecule has 0 saturated heterocycles. The Morgan fingerprint density at radius 1 is 1.31 bits per heavy atom. The van der Waals surface area contributed by atoms with Crippen LogP contribution in [0.1, 0.15) is 12.8 Å². The first-order valence-electron chi connectivity index (χ1n) is 5.35. The fourth-order valence-corrected chi connectivity index (χ4v) is 2.56. The third-order valence-electron chi connectivity index (χ3n) is 3.26. The fraction of sp³-hybridized carbons (Fsp3) is 0.636. The normalized spacial score (nSPS) is 35.3. The van der Waals surface area contributed by atoms with Gasteiger partial charge in [0.15, 0.2) is 0 Å². The Morgan fingerprint density at radius 3 is 2.62 bits per heavy atom. The van der Waals surface area contributed by atoms with Crippen molar-refractivity contribution >= 4 is 11.9 Å². The lowest BCUT2D eigenvalue weighted by molar-refractivity contribution is -0.159. The van der Waals surface area contributed by atoms with Crippen molar-refractivity contribution in [3.8, 4) is 0 Å². The van der Waals surface area contributed by atoms with Crippen molar-refractivity contribution < 1.29 is 24.5 Å². The van der Waals surface area contributed by atoms with Gasteiger partial charge in [-0.25, -0.2) is 0 Å². The molecule has 2 bridgehead atoms. The summed E-state index contributed by atoms with van der Waals surface area (Å²) < 4.78 is 5.13. The number of carbonyl (C=O) groups is 2. The SMILES string of the molecule is O=C(CCO)OC1C2C=CC(C2)C1C(=O)O. The molecule has 2 aliphatic carbocycles. The van der Waals surface area contributed by atoms with Gasteiger partial charge in [-0.3, -0.25) is 9.59 Å². The van der Waals surface area contributed by atoms with Gasteiger partial charge in [0, 0.05) is 5.92 Å². The minimum atomic E-state index is -0.918. The molecule has 2 rings (SSSR count). The van der Waals surface area contributed by atoms with E-state index in [4.69, 9.17) is 14.9 Å². The Labute approximate surface area is 92.7 Å². The number of aliphatic hydroxyl groups excluding tert-OH is 1. The van der Waals surface area contributed by atoms with Crippen LogP contribution in [0.5, 0.6) is 0 Å². The Kier molecular flexibility index (Phi) is 2.96. The molecule has 0 aromatic heterocycles. The fourth-order valence-electron chi connectivity index (χ4n) is 2.56. The highest BCUT2D eigenvalue weighted by molar-refractivity contribution is 5.75. The van der Waals surface area contributed by atoms with E-state index in [2.05, 4.69) is 0 Å². The zero-order chi connectivity index (χ0) is 11.7. The number of allylic oxidation sites excluding steroid dienone is 1. The standard InChI is InChI=1S/C11H14O5/c12-4-3-8(13)16-10-7-2-1-6(5-7)9(10)11(14)15/h1-2,6-7,9-10,12H,3-5H2,(H,14,15). The van der Waals surface area contributed by atoms with Gasteiger partial charge < -0.3 is 14.9 Å². The Balaban J connectivity index is 2.05. The second-order valence-electron chi connectivity index (χ2n) is 4.24. The quantitative estimate of drug-likeness (QED) is 0.528. The number of hydrogen-bond donors (Lipinski definition) is 2. The summed E-state index contributed by atoms with van der Waals surface area (Å²) in [7, 11) is 0. The van der Waals surface area contributed by atoms with E-state index < -0.39 is 24.0 Å². The molecule has 4 unspecified atom stereocenters. The Bertz CT molecular complexity index is 335. The van der Waals surface area contributed by atoms with E-state index in [0.717, 1.165) is 6.42 Å². The molecule has 16 heavy (non-hydrogen) atoms. The summed E-state index contributed by atoms with van der Waals surface area (Å²) in [5, 5.41) is 17.7. The van der Waals surface area contributed by atoms with Crippen LogP contribution < -0.4 is 0 Å². The smallest absolute Gasteiger partial charge is 0.310 e. The molecule has 88 valence electrons. The van der Waals surface area contributed by atoms with Crippen LogP contribution in [-0.2, 0) is 14.3 Å². The molecule has 1 fully saturated rings. The molecule has 0 aromatic rings. The summed E-state index contributed by atoms with van der Waals surface area (Å²) >= 11 is 0. The minimum absolute atomic E-state index is 0.0190. The second kappa shape index (κ2) is 4.25. The van der Waals surface area contributed by atoms with Crippen LogP contribution in [0.25, 0.3) is 0 Å². The Morgan fingerprint density at radius 2 is 2.00 bits per heavy atom. The first-order valence-corrected chi connectivity index (χ1v) is 5.35. The first kappa shape index (κ1) is 11.1. The average Bonchev–Trinajstić information content (AvgIpc) is 2.77. The van der Waals surface area contributed by atoms with Crippen LogP contribution in [0.4, 0.5) is 0 Å².